The third-order valence-electron chi connectivity index (χ3n) is 6.53. The molecule has 3 aromatic rings. The Morgan fingerprint density at radius 1 is 0.931 bits per heavy atom. The first-order valence-corrected chi connectivity index (χ1v) is 9.89. The third kappa shape index (κ3) is 2.38. The molecule has 0 amide bonds. The summed E-state index contributed by atoms with van der Waals surface area (Å²) >= 11 is 0. The molecule has 0 saturated carbocycles. The number of fused-ring (bicyclic) bond motifs is 8. The number of hydrogen-bond donors (Lipinski definition) is 2. The molecule has 2 aliphatic rings. The topological polar surface area (TPSA) is 58.9 Å². The second-order valence-electron chi connectivity index (χ2n) is 8.11. The van der Waals surface area contributed by atoms with Gasteiger partial charge in [0.1, 0.15) is 23.0 Å². The van der Waals surface area contributed by atoms with Crippen LogP contribution in [-0.4, -0.2) is 23.9 Å². The Morgan fingerprint density at radius 2 is 1.69 bits per heavy atom. The maximum atomic E-state index is 10.2. The van der Waals surface area contributed by atoms with Crippen molar-refractivity contribution in [2.45, 2.75) is 32.6 Å². The highest BCUT2D eigenvalue weighted by Gasteiger charge is 2.41. The fourth-order valence-electron chi connectivity index (χ4n) is 5.28. The zero-order chi connectivity index (χ0) is 20.4. The van der Waals surface area contributed by atoms with Gasteiger partial charge < -0.3 is 19.7 Å². The summed E-state index contributed by atoms with van der Waals surface area (Å²) in [6.45, 7) is 6.58. The van der Waals surface area contributed by atoms with Crippen LogP contribution in [0.1, 0.15) is 45.2 Å². The zero-order valence-corrected chi connectivity index (χ0v) is 17.0. The molecule has 0 unspecified atom stereocenters. The van der Waals surface area contributed by atoms with Gasteiger partial charge in [0.05, 0.1) is 13.7 Å². The maximum Gasteiger partial charge on any atom is 0.129 e. The molecule has 0 spiro atoms. The molecule has 5 rings (SSSR count). The van der Waals surface area contributed by atoms with Crippen molar-refractivity contribution < 1.29 is 19.7 Å². The summed E-state index contributed by atoms with van der Waals surface area (Å²) in [4.78, 5) is 0. The highest BCUT2D eigenvalue weighted by Crippen LogP contribution is 2.57. The van der Waals surface area contributed by atoms with Crippen molar-refractivity contribution in [1.82, 2.24) is 0 Å². The molecular formula is C25H24O4. The van der Waals surface area contributed by atoms with Crippen LogP contribution in [0, 0.1) is 20.8 Å². The van der Waals surface area contributed by atoms with E-state index in [2.05, 4.69) is 19.9 Å². The van der Waals surface area contributed by atoms with Gasteiger partial charge in [0, 0.05) is 23.0 Å². The minimum Gasteiger partial charge on any atom is -0.508 e. The molecular weight excluding hydrogens is 364 g/mol. The maximum absolute atomic E-state index is 10.2. The van der Waals surface area contributed by atoms with E-state index in [1.54, 1.807) is 19.2 Å². The molecule has 29 heavy (non-hydrogen) atoms. The molecule has 2 N–H and O–H groups in total. The average Bonchev–Trinajstić information content (AvgIpc) is 2.70. The summed E-state index contributed by atoms with van der Waals surface area (Å²) in [5, 5.41) is 20.4. The second kappa shape index (κ2) is 6.18. The second-order valence-corrected chi connectivity index (χ2v) is 8.11. The van der Waals surface area contributed by atoms with Crippen molar-refractivity contribution in [2.75, 3.05) is 13.7 Å². The van der Waals surface area contributed by atoms with Crippen LogP contribution in [0.4, 0.5) is 0 Å². The minimum absolute atomic E-state index is 0.119. The summed E-state index contributed by atoms with van der Waals surface area (Å²) in [6, 6.07) is 11.6. The van der Waals surface area contributed by atoms with Crippen LogP contribution in [0.25, 0.3) is 11.1 Å². The van der Waals surface area contributed by atoms with Gasteiger partial charge in [0.2, 0.25) is 0 Å². The van der Waals surface area contributed by atoms with E-state index < -0.39 is 0 Å². The number of hydrogen-bond acceptors (Lipinski definition) is 4. The summed E-state index contributed by atoms with van der Waals surface area (Å²) < 4.78 is 11.9. The van der Waals surface area contributed by atoms with E-state index in [9.17, 15) is 10.2 Å². The van der Waals surface area contributed by atoms with E-state index >= 15 is 0 Å². The number of aromatic hydroxyl groups is 2. The van der Waals surface area contributed by atoms with Gasteiger partial charge >= 0.3 is 0 Å². The number of aryl methyl sites for hydroxylation is 1. The fraction of sp³-hybridized carbons (Fsp3) is 0.280. The van der Waals surface area contributed by atoms with E-state index in [-0.39, 0.29) is 23.3 Å². The minimum atomic E-state index is 0.119. The predicted molar refractivity (Wildman–Crippen MR) is 112 cm³/mol. The number of benzene rings is 3. The monoisotopic (exact) mass is 388 g/mol. The summed E-state index contributed by atoms with van der Waals surface area (Å²) in [7, 11) is 1.70. The van der Waals surface area contributed by atoms with E-state index in [0.717, 1.165) is 44.9 Å². The van der Waals surface area contributed by atoms with Crippen molar-refractivity contribution in [2.24, 2.45) is 0 Å². The summed E-state index contributed by atoms with van der Waals surface area (Å²) in [5.74, 6) is 2.43. The van der Waals surface area contributed by atoms with Crippen LogP contribution in [-0.2, 0) is 0 Å². The van der Waals surface area contributed by atoms with Crippen LogP contribution in [0.15, 0.2) is 36.4 Å². The van der Waals surface area contributed by atoms with Gasteiger partial charge in [0.25, 0.3) is 0 Å². The number of phenols is 2. The first-order valence-electron chi connectivity index (χ1n) is 9.89. The van der Waals surface area contributed by atoms with E-state index in [1.165, 1.54) is 11.1 Å². The Morgan fingerprint density at radius 3 is 2.45 bits per heavy atom. The number of methoxy groups -OCH3 is 1. The molecule has 1 aliphatic carbocycles. The molecule has 4 nitrogen and oxygen atoms in total. The number of rotatable bonds is 1. The standard InChI is InChI=1S/C25H24O4/c1-12-9-19-22(14(3)24(12)28-4)18-10-15(26)5-6-16(18)20-11-29-25-13(2)21(27)8-7-17(25)23(19)20/h5-10,20,23,26-27H,11H2,1-4H3/t20-,23+/m1/s1. The van der Waals surface area contributed by atoms with Crippen LogP contribution in [0.2, 0.25) is 0 Å². The van der Waals surface area contributed by atoms with Gasteiger partial charge in [-0.15, -0.1) is 0 Å². The molecule has 1 aliphatic heterocycles. The molecule has 1 heterocycles. The smallest absolute Gasteiger partial charge is 0.129 e. The first kappa shape index (κ1) is 17.9. The van der Waals surface area contributed by atoms with Crippen molar-refractivity contribution in [1.29, 1.82) is 0 Å². The largest absolute Gasteiger partial charge is 0.508 e. The summed E-state index contributed by atoms with van der Waals surface area (Å²) in [5.41, 5.74) is 8.61. The van der Waals surface area contributed by atoms with E-state index in [1.807, 2.05) is 25.1 Å². The first-order chi connectivity index (χ1) is 13.9. The Labute approximate surface area is 170 Å². The molecule has 3 aromatic carbocycles. The van der Waals surface area contributed by atoms with Crippen LogP contribution in [0.5, 0.6) is 23.0 Å². The van der Waals surface area contributed by atoms with Crippen molar-refractivity contribution >= 4 is 0 Å². The Kier molecular flexibility index (Phi) is 3.82. The molecule has 4 heteroatoms. The van der Waals surface area contributed by atoms with Crippen molar-refractivity contribution in [3.63, 3.8) is 0 Å². The van der Waals surface area contributed by atoms with Crippen molar-refractivity contribution in [3.05, 3.63) is 69.8 Å². The Balaban J connectivity index is 1.87. The van der Waals surface area contributed by atoms with Crippen LogP contribution < -0.4 is 9.47 Å². The van der Waals surface area contributed by atoms with E-state index in [4.69, 9.17) is 9.47 Å². The van der Waals surface area contributed by atoms with Crippen LogP contribution >= 0.6 is 0 Å². The van der Waals surface area contributed by atoms with Crippen LogP contribution in [0.3, 0.4) is 0 Å². The molecule has 148 valence electrons. The van der Waals surface area contributed by atoms with E-state index in [0.29, 0.717) is 6.61 Å². The van der Waals surface area contributed by atoms with Crippen molar-refractivity contribution in [3.8, 4) is 34.1 Å². The van der Waals surface area contributed by atoms with Gasteiger partial charge in [-0.1, -0.05) is 18.2 Å². The lowest BCUT2D eigenvalue weighted by Crippen LogP contribution is -2.29. The third-order valence-corrected chi connectivity index (χ3v) is 6.53. The average molecular weight is 388 g/mol. The molecule has 2 atom stereocenters. The SMILES string of the molecule is COc1c(C)cc2c(c1C)-c1cc(O)ccc1[C@H]1COc3c(ccc(O)c3C)[C@@H]21. The highest BCUT2D eigenvalue weighted by molar-refractivity contribution is 5.83. The molecule has 0 aromatic heterocycles. The van der Waals surface area contributed by atoms with Gasteiger partial charge in [-0.2, -0.15) is 0 Å². The lowest BCUT2D eigenvalue weighted by molar-refractivity contribution is 0.244. The normalized spacial score (nSPS) is 18.8. The predicted octanol–water partition coefficient (Wildman–Crippen LogP) is 5.32. The highest BCUT2D eigenvalue weighted by atomic mass is 16.5. The summed E-state index contributed by atoms with van der Waals surface area (Å²) in [6.07, 6.45) is 0. The van der Waals surface area contributed by atoms with Gasteiger partial charge in [-0.05, 0) is 72.4 Å². The zero-order valence-electron chi connectivity index (χ0n) is 17.0. The lowest BCUT2D eigenvalue weighted by Gasteiger charge is -2.41. The van der Waals surface area contributed by atoms with Gasteiger partial charge in [0.15, 0.2) is 0 Å². The molecule has 0 bridgehead atoms. The van der Waals surface area contributed by atoms with Gasteiger partial charge in [-0.3, -0.25) is 0 Å². The molecule has 0 radical (unpaired) electrons. The Hall–Kier alpha value is -3.14. The quantitative estimate of drug-likeness (QED) is 0.592. The fourth-order valence-corrected chi connectivity index (χ4v) is 5.28. The molecule has 0 saturated heterocycles. The number of phenolic OH excluding ortho intramolecular Hbond substituents is 2. The van der Waals surface area contributed by atoms with Gasteiger partial charge in [-0.25, -0.2) is 0 Å². The number of ether oxygens (including phenoxy) is 2. The lowest BCUT2D eigenvalue weighted by atomic mass is 9.66. The molecule has 0 fully saturated rings. The Bertz CT molecular complexity index is 1160.